The van der Waals surface area contributed by atoms with E-state index in [0.717, 1.165) is 18.5 Å². The van der Waals surface area contributed by atoms with Crippen molar-refractivity contribution in [1.82, 2.24) is 10.6 Å². The summed E-state index contributed by atoms with van der Waals surface area (Å²) in [5, 5.41) is 6.34. The average molecular weight is 475 g/mol. The van der Waals surface area contributed by atoms with Gasteiger partial charge in [-0.3, -0.25) is 4.99 Å². The zero-order valence-electron chi connectivity index (χ0n) is 14.8. The summed E-state index contributed by atoms with van der Waals surface area (Å²) in [5.74, 6) is 0.785. The number of halogens is 3. The fourth-order valence-corrected chi connectivity index (χ4v) is 2.43. The zero-order valence-corrected chi connectivity index (χ0v) is 17.2. The first-order valence-electron chi connectivity index (χ1n) is 8.11. The number of rotatable bonds is 7. The number of hydrogen-bond acceptors (Lipinski definition) is 2. The number of hydrogen-bond donors (Lipinski definition) is 2. The van der Waals surface area contributed by atoms with Crippen molar-refractivity contribution in [1.29, 1.82) is 0 Å². The minimum absolute atomic E-state index is 0. The van der Waals surface area contributed by atoms with Gasteiger partial charge in [-0.1, -0.05) is 48.0 Å². The van der Waals surface area contributed by atoms with Crippen LogP contribution < -0.4 is 15.4 Å². The number of nitrogens with one attached hydrogen (secondary N) is 2. The number of aliphatic imine (C=N–C) groups is 1. The maximum Gasteiger partial charge on any atom is 0.387 e. The minimum atomic E-state index is -2.84. The van der Waals surface area contributed by atoms with Crippen LogP contribution >= 0.6 is 24.0 Å². The lowest BCUT2D eigenvalue weighted by Crippen LogP contribution is -2.38. The molecule has 0 bridgehead atoms. The van der Waals surface area contributed by atoms with Crippen LogP contribution in [0.5, 0.6) is 5.75 Å². The first-order chi connectivity index (χ1) is 12.1. The minimum Gasteiger partial charge on any atom is -0.434 e. The Morgan fingerprint density at radius 3 is 2.50 bits per heavy atom. The van der Waals surface area contributed by atoms with Crippen LogP contribution in [0, 0.1) is 6.92 Å². The van der Waals surface area contributed by atoms with Crippen molar-refractivity contribution in [2.75, 3.05) is 13.6 Å². The number of benzene rings is 2. The molecule has 0 aliphatic carbocycles. The van der Waals surface area contributed by atoms with Gasteiger partial charge in [-0.25, -0.2) is 0 Å². The molecule has 2 aromatic rings. The first-order valence-corrected chi connectivity index (χ1v) is 8.11. The highest BCUT2D eigenvalue weighted by atomic mass is 127. The van der Waals surface area contributed by atoms with Gasteiger partial charge in [0.15, 0.2) is 5.96 Å². The maximum atomic E-state index is 12.5. The largest absolute Gasteiger partial charge is 0.434 e. The van der Waals surface area contributed by atoms with Gasteiger partial charge in [-0.2, -0.15) is 8.78 Å². The third kappa shape index (κ3) is 7.55. The van der Waals surface area contributed by atoms with Crippen molar-refractivity contribution >= 4 is 29.9 Å². The SMILES string of the molecule is CN=C(NCCc1ccccc1)NCc1cc(C)ccc1OC(F)F.I. The molecule has 7 heteroatoms. The van der Waals surface area contributed by atoms with E-state index in [1.807, 2.05) is 31.2 Å². The van der Waals surface area contributed by atoms with Crippen molar-refractivity contribution < 1.29 is 13.5 Å². The number of guanidine groups is 1. The van der Waals surface area contributed by atoms with Crippen LogP contribution in [0.1, 0.15) is 16.7 Å². The van der Waals surface area contributed by atoms with Gasteiger partial charge in [0.2, 0.25) is 0 Å². The monoisotopic (exact) mass is 475 g/mol. The molecule has 0 aliphatic heterocycles. The van der Waals surface area contributed by atoms with E-state index >= 15 is 0 Å². The molecule has 2 rings (SSSR count). The summed E-state index contributed by atoms with van der Waals surface area (Å²) in [5.41, 5.74) is 2.87. The standard InChI is InChI=1S/C19H23F2N3O.HI/c1-14-8-9-17(25-18(20)21)16(12-14)13-24-19(22-2)23-11-10-15-6-4-3-5-7-15;/h3-9,12,18H,10-11,13H2,1-2H3,(H2,22,23,24);1H. The van der Waals surface area contributed by atoms with Crippen molar-refractivity contribution in [3.05, 3.63) is 65.2 Å². The molecule has 142 valence electrons. The van der Waals surface area contributed by atoms with Gasteiger partial charge in [0.05, 0.1) is 0 Å². The third-order valence-electron chi connectivity index (χ3n) is 3.65. The molecule has 0 heterocycles. The first kappa shape index (κ1) is 22.1. The second-order valence-corrected chi connectivity index (χ2v) is 5.58. The molecule has 0 aromatic heterocycles. The molecule has 0 radical (unpaired) electrons. The lowest BCUT2D eigenvalue weighted by Gasteiger charge is -2.15. The molecule has 0 aliphatic rings. The number of alkyl halides is 2. The lowest BCUT2D eigenvalue weighted by molar-refractivity contribution is -0.0504. The van der Waals surface area contributed by atoms with Crippen LogP contribution in [0.4, 0.5) is 8.78 Å². The Morgan fingerprint density at radius 1 is 1.12 bits per heavy atom. The van der Waals surface area contributed by atoms with E-state index < -0.39 is 6.61 Å². The fraction of sp³-hybridized carbons (Fsp3) is 0.316. The van der Waals surface area contributed by atoms with E-state index in [0.29, 0.717) is 18.1 Å². The van der Waals surface area contributed by atoms with E-state index in [2.05, 4.69) is 32.5 Å². The molecule has 4 nitrogen and oxygen atoms in total. The summed E-state index contributed by atoms with van der Waals surface area (Å²) in [6.45, 7) is 0.125. The molecule has 2 aromatic carbocycles. The van der Waals surface area contributed by atoms with Crippen LogP contribution in [0.2, 0.25) is 0 Å². The Kier molecular flexibility index (Phi) is 9.93. The normalized spacial score (nSPS) is 11.0. The Bertz CT molecular complexity index is 696. The van der Waals surface area contributed by atoms with Crippen molar-refractivity contribution in [2.45, 2.75) is 26.5 Å². The Hall–Kier alpha value is -1.90. The summed E-state index contributed by atoms with van der Waals surface area (Å²) in [4.78, 5) is 4.15. The van der Waals surface area contributed by atoms with Crippen LogP contribution in [-0.2, 0) is 13.0 Å². The Balaban J connectivity index is 0.00000338. The van der Waals surface area contributed by atoms with Gasteiger partial charge in [0, 0.05) is 25.7 Å². The number of aryl methyl sites for hydroxylation is 1. The quantitative estimate of drug-likeness (QED) is 0.360. The van der Waals surface area contributed by atoms with Crippen LogP contribution in [0.15, 0.2) is 53.5 Å². The molecular formula is C19H24F2IN3O. The summed E-state index contributed by atoms with van der Waals surface area (Å²) in [6, 6.07) is 15.3. The molecule has 0 amide bonds. The second kappa shape index (κ2) is 11.7. The van der Waals surface area contributed by atoms with Crippen molar-refractivity contribution in [3.63, 3.8) is 0 Å². The second-order valence-electron chi connectivity index (χ2n) is 5.58. The van der Waals surface area contributed by atoms with E-state index in [1.54, 1.807) is 19.2 Å². The topological polar surface area (TPSA) is 45.7 Å². The summed E-state index contributed by atoms with van der Waals surface area (Å²) in [7, 11) is 1.67. The summed E-state index contributed by atoms with van der Waals surface area (Å²) >= 11 is 0. The van der Waals surface area contributed by atoms with Gasteiger partial charge in [0.1, 0.15) is 5.75 Å². The average Bonchev–Trinajstić information content (AvgIpc) is 2.60. The summed E-state index contributed by atoms with van der Waals surface area (Å²) in [6.07, 6.45) is 0.867. The number of nitrogens with zero attached hydrogens (tertiary/aromatic N) is 1. The molecule has 0 unspecified atom stereocenters. The van der Waals surface area contributed by atoms with Gasteiger partial charge >= 0.3 is 6.61 Å². The summed E-state index contributed by atoms with van der Waals surface area (Å²) < 4.78 is 29.6. The zero-order chi connectivity index (χ0) is 18.1. The van der Waals surface area contributed by atoms with Gasteiger partial charge < -0.3 is 15.4 Å². The molecule has 0 saturated carbocycles. The van der Waals surface area contributed by atoms with Gasteiger partial charge in [-0.15, -0.1) is 24.0 Å². The third-order valence-corrected chi connectivity index (χ3v) is 3.65. The van der Waals surface area contributed by atoms with Crippen LogP contribution in [0.25, 0.3) is 0 Å². The van der Waals surface area contributed by atoms with Crippen LogP contribution in [0.3, 0.4) is 0 Å². The highest BCUT2D eigenvalue weighted by molar-refractivity contribution is 14.0. The molecule has 0 saturated heterocycles. The van der Waals surface area contributed by atoms with E-state index in [9.17, 15) is 8.78 Å². The Labute approximate surface area is 170 Å². The van der Waals surface area contributed by atoms with Crippen molar-refractivity contribution in [2.24, 2.45) is 4.99 Å². The predicted molar refractivity (Wildman–Crippen MR) is 112 cm³/mol. The Morgan fingerprint density at radius 2 is 1.85 bits per heavy atom. The van der Waals surface area contributed by atoms with E-state index in [-0.39, 0.29) is 29.7 Å². The highest BCUT2D eigenvalue weighted by Gasteiger charge is 2.10. The molecule has 0 fully saturated rings. The predicted octanol–water partition coefficient (Wildman–Crippen LogP) is 4.12. The molecular weight excluding hydrogens is 451 g/mol. The van der Waals surface area contributed by atoms with Gasteiger partial charge in [-0.05, 0) is 25.0 Å². The van der Waals surface area contributed by atoms with Crippen LogP contribution in [-0.4, -0.2) is 26.2 Å². The number of ether oxygens (including phenoxy) is 1. The lowest BCUT2D eigenvalue weighted by atomic mass is 10.1. The fourth-order valence-electron chi connectivity index (χ4n) is 2.43. The highest BCUT2D eigenvalue weighted by Crippen LogP contribution is 2.21. The smallest absolute Gasteiger partial charge is 0.387 e. The molecule has 0 atom stereocenters. The van der Waals surface area contributed by atoms with E-state index in [4.69, 9.17) is 0 Å². The molecule has 0 spiro atoms. The van der Waals surface area contributed by atoms with Crippen molar-refractivity contribution in [3.8, 4) is 5.75 Å². The van der Waals surface area contributed by atoms with Gasteiger partial charge in [0.25, 0.3) is 0 Å². The molecule has 2 N–H and O–H groups in total. The molecule has 26 heavy (non-hydrogen) atoms. The van der Waals surface area contributed by atoms with E-state index in [1.165, 1.54) is 5.56 Å². The maximum absolute atomic E-state index is 12.5.